The van der Waals surface area contributed by atoms with E-state index in [1.54, 1.807) is 0 Å². The predicted molar refractivity (Wildman–Crippen MR) is 85.4 cm³/mol. The molecule has 4 rings (SSSR count). The van der Waals surface area contributed by atoms with E-state index in [-0.39, 0.29) is 0 Å². The minimum absolute atomic E-state index is 0.693. The molecule has 4 heteroatoms. The van der Waals surface area contributed by atoms with Crippen LogP contribution >= 0.6 is 11.6 Å². The van der Waals surface area contributed by atoms with Gasteiger partial charge >= 0.3 is 0 Å². The van der Waals surface area contributed by atoms with Gasteiger partial charge in [0.05, 0.1) is 10.5 Å². The number of fused-ring (bicyclic) bond motifs is 1. The Kier molecular flexibility index (Phi) is 2.96. The number of benzene rings is 2. The molecular weight excluding hydrogens is 282 g/mol. The van der Waals surface area contributed by atoms with E-state index < -0.39 is 0 Å². The fourth-order valence-electron chi connectivity index (χ4n) is 2.64. The maximum Gasteiger partial charge on any atom is 0.132 e. The quantitative estimate of drug-likeness (QED) is 0.714. The lowest BCUT2D eigenvalue weighted by molar-refractivity contribution is 0.559. The summed E-state index contributed by atoms with van der Waals surface area (Å²) in [6, 6.07) is 12.5. The van der Waals surface area contributed by atoms with Crippen LogP contribution in [0.1, 0.15) is 18.4 Å². The van der Waals surface area contributed by atoms with Crippen LogP contribution in [0.3, 0.4) is 0 Å². The zero-order valence-electron chi connectivity index (χ0n) is 11.9. The van der Waals surface area contributed by atoms with E-state index in [9.17, 15) is 0 Å². The molecule has 0 amide bonds. The first-order valence-electron chi connectivity index (χ1n) is 7.31. The van der Waals surface area contributed by atoms with Crippen molar-refractivity contribution in [2.45, 2.75) is 26.3 Å². The van der Waals surface area contributed by atoms with Gasteiger partial charge < -0.3 is 0 Å². The fraction of sp³-hybridized carbons (Fsp3) is 0.294. The number of rotatable bonds is 3. The minimum Gasteiger partial charge on any atom is -0.244 e. The third kappa shape index (κ3) is 2.32. The summed E-state index contributed by atoms with van der Waals surface area (Å²) < 4.78 is 1.98. The van der Waals surface area contributed by atoms with Gasteiger partial charge in [-0.25, -0.2) is 4.68 Å². The van der Waals surface area contributed by atoms with Gasteiger partial charge in [0.25, 0.3) is 0 Å². The first-order valence-corrected chi connectivity index (χ1v) is 7.69. The lowest BCUT2D eigenvalue weighted by atomic mass is 10.0. The van der Waals surface area contributed by atoms with Gasteiger partial charge in [0.2, 0.25) is 0 Å². The molecule has 3 nitrogen and oxygen atoms in total. The normalized spacial score (nSPS) is 14.8. The predicted octanol–water partition coefficient (Wildman–Crippen LogP) is 4.47. The molecule has 1 aliphatic carbocycles. The van der Waals surface area contributed by atoms with Crippen LogP contribution in [-0.4, -0.2) is 15.0 Å². The van der Waals surface area contributed by atoms with E-state index in [1.165, 1.54) is 18.4 Å². The maximum absolute atomic E-state index is 6.57. The topological polar surface area (TPSA) is 30.7 Å². The molecule has 21 heavy (non-hydrogen) atoms. The lowest BCUT2D eigenvalue weighted by Gasteiger charge is -2.06. The molecule has 1 heterocycles. The third-order valence-corrected chi connectivity index (χ3v) is 4.50. The van der Waals surface area contributed by atoms with Crippen molar-refractivity contribution in [3.8, 4) is 11.1 Å². The average molecular weight is 298 g/mol. The van der Waals surface area contributed by atoms with E-state index in [0.717, 1.165) is 34.6 Å². The molecule has 0 spiro atoms. The second-order valence-corrected chi connectivity index (χ2v) is 6.25. The highest BCUT2D eigenvalue weighted by Gasteiger charge is 2.23. The van der Waals surface area contributed by atoms with Gasteiger partial charge in [0, 0.05) is 12.1 Å². The number of hydrogen-bond acceptors (Lipinski definition) is 2. The molecule has 0 bridgehead atoms. The van der Waals surface area contributed by atoms with Crippen molar-refractivity contribution >= 4 is 22.6 Å². The SMILES string of the molecule is Cc1ccc(-c2ccc3c(nnn3CC3CC3)c2Cl)cc1. The Morgan fingerprint density at radius 3 is 2.62 bits per heavy atom. The highest BCUT2D eigenvalue weighted by Crippen LogP contribution is 2.35. The van der Waals surface area contributed by atoms with E-state index in [0.29, 0.717) is 5.02 Å². The summed E-state index contributed by atoms with van der Waals surface area (Å²) >= 11 is 6.57. The minimum atomic E-state index is 0.693. The standard InChI is InChI=1S/C17H16ClN3/c1-11-2-6-13(7-3-11)14-8-9-15-17(16(14)18)19-20-21(15)10-12-4-5-12/h2-3,6-9,12H,4-5,10H2,1H3. The molecular formula is C17H16ClN3. The average Bonchev–Trinajstić information content (AvgIpc) is 3.20. The lowest BCUT2D eigenvalue weighted by Crippen LogP contribution is -2.01. The zero-order chi connectivity index (χ0) is 14.4. The van der Waals surface area contributed by atoms with Crippen molar-refractivity contribution < 1.29 is 0 Å². The molecule has 2 aromatic carbocycles. The van der Waals surface area contributed by atoms with Crippen LogP contribution in [0.5, 0.6) is 0 Å². The molecule has 1 fully saturated rings. The van der Waals surface area contributed by atoms with Gasteiger partial charge in [0.1, 0.15) is 5.52 Å². The maximum atomic E-state index is 6.57. The van der Waals surface area contributed by atoms with E-state index in [4.69, 9.17) is 11.6 Å². The Morgan fingerprint density at radius 2 is 1.90 bits per heavy atom. The fourth-order valence-corrected chi connectivity index (χ4v) is 2.95. The van der Waals surface area contributed by atoms with Gasteiger partial charge in [0.15, 0.2) is 0 Å². The summed E-state index contributed by atoms with van der Waals surface area (Å²) in [7, 11) is 0. The molecule has 1 saturated carbocycles. The van der Waals surface area contributed by atoms with Crippen molar-refractivity contribution in [3.63, 3.8) is 0 Å². The Bertz CT molecular complexity index is 801. The zero-order valence-corrected chi connectivity index (χ0v) is 12.6. The largest absolute Gasteiger partial charge is 0.244 e. The van der Waals surface area contributed by atoms with E-state index in [1.807, 2.05) is 4.68 Å². The Hall–Kier alpha value is -1.87. The van der Waals surface area contributed by atoms with Crippen molar-refractivity contribution in [1.82, 2.24) is 15.0 Å². The Labute approximate surface area is 128 Å². The highest BCUT2D eigenvalue weighted by atomic mass is 35.5. The van der Waals surface area contributed by atoms with Gasteiger partial charge in [-0.2, -0.15) is 0 Å². The molecule has 0 unspecified atom stereocenters. The van der Waals surface area contributed by atoms with Crippen LogP contribution in [0.4, 0.5) is 0 Å². The van der Waals surface area contributed by atoms with Crippen LogP contribution in [0.15, 0.2) is 36.4 Å². The van der Waals surface area contributed by atoms with Gasteiger partial charge in [-0.05, 0) is 37.3 Å². The molecule has 0 atom stereocenters. The number of halogens is 1. The molecule has 3 aromatic rings. The molecule has 1 aromatic heterocycles. The van der Waals surface area contributed by atoms with Crippen molar-refractivity contribution in [1.29, 1.82) is 0 Å². The Morgan fingerprint density at radius 1 is 1.14 bits per heavy atom. The number of aromatic nitrogens is 3. The number of nitrogens with zero attached hydrogens (tertiary/aromatic N) is 3. The smallest absolute Gasteiger partial charge is 0.132 e. The summed E-state index contributed by atoms with van der Waals surface area (Å²) in [4.78, 5) is 0. The first-order chi connectivity index (χ1) is 10.2. The molecule has 1 aliphatic rings. The molecule has 0 radical (unpaired) electrons. The number of aryl methyl sites for hydroxylation is 1. The van der Waals surface area contributed by atoms with E-state index >= 15 is 0 Å². The first kappa shape index (κ1) is 12.8. The molecule has 0 aliphatic heterocycles. The summed E-state index contributed by atoms with van der Waals surface area (Å²) in [5.74, 6) is 0.769. The second-order valence-electron chi connectivity index (χ2n) is 5.88. The van der Waals surface area contributed by atoms with Crippen LogP contribution in [0, 0.1) is 12.8 Å². The molecule has 0 N–H and O–H groups in total. The van der Waals surface area contributed by atoms with Gasteiger partial charge in [-0.15, -0.1) is 5.10 Å². The van der Waals surface area contributed by atoms with Crippen LogP contribution in [-0.2, 0) is 6.54 Å². The van der Waals surface area contributed by atoms with Crippen LogP contribution < -0.4 is 0 Å². The second kappa shape index (κ2) is 4.85. The highest BCUT2D eigenvalue weighted by molar-refractivity contribution is 6.37. The third-order valence-electron chi connectivity index (χ3n) is 4.12. The van der Waals surface area contributed by atoms with Crippen molar-refractivity contribution in [2.24, 2.45) is 5.92 Å². The molecule has 0 saturated heterocycles. The van der Waals surface area contributed by atoms with Crippen LogP contribution in [0.25, 0.3) is 22.2 Å². The molecule has 106 valence electrons. The monoisotopic (exact) mass is 297 g/mol. The van der Waals surface area contributed by atoms with E-state index in [2.05, 4.69) is 53.6 Å². The Balaban J connectivity index is 1.80. The summed E-state index contributed by atoms with van der Waals surface area (Å²) in [5.41, 5.74) is 5.20. The van der Waals surface area contributed by atoms with Gasteiger partial charge in [-0.3, -0.25) is 0 Å². The number of hydrogen-bond donors (Lipinski definition) is 0. The summed E-state index contributed by atoms with van der Waals surface area (Å²) in [5, 5.41) is 9.24. The van der Waals surface area contributed by atoms with Crippen molar-refractivity contribution in [2.75, 3.05) is 0 Å². The summed E-state index contributed by atoms with van der Waals surface area (Å²) in [6.07, 6.45) is 2.60. The van der Waals surface area contributed by atoms with Crippen molar-refractivity contribution in [3.05, 3.63) is 47.0 Å². The van der Waals surface area contributed by atoms with Crippen LogP contribution in [0.2, 0.25) is 5.02 Å². The summed E-state index contributed by atoms with van der Waals surface area (Å²) in [6.45, 7) is 3.04. The van der Waals surface area contributed by atoms with Gasteiger partial charge in [-0.1, -0.05) is 52.7 Å².